The highest BCUT2D eigenvalue weighted by Gasteiger charge is 2.26. The molecule has 1 atom stereocenters. The first-order chi connectivity index (χ1) is 17.1. The first-order valence-corrected chi connectivity index (χ1v) is 10.9. The Balaban J connectivity index is 1.20. The van der Waals surface area contributed by atoms with Gasteiger partial charge in [0, 0.05) is 29.8 Å². The Bertz CT molecular complexity index is 1480. The summed E-state index contributed by atoms with van der Waals surface area (Å²) in [4.78, 5) is 33.3. The predicted octanol–water partition coefficient (Wildman–Crippen LogP) is 2.59. The predicted molar refractivity (Wildman–Crippen MR) is 125 cm³/mol. The van der Waals surface area contributed by atoms with Gasteiger partial charge in [0.1, 0.15) is 18.1 Å². The lowest BCUT2D eigenvalue weighted by Crippen LogP contribution is -2.26. The van der Waals surface area contributed by atoms with E-state index in [0.717, 1.165) is 16.6 Å². The Kier molecular flexibility index (Phi) is 4.94. The zero-order chi connectivity index (χ0) is 23.9. The van der Waals surface area contributed by atoms with Crippen LogP contribution in [0.5, 0.6) is 17.4 Å². The minimum atomic E-state index is -0.328. The third-order valence-corrected chi connectivity index (χ3v) is 5.94. The van der Waals surface area contributed by atoms with Gasteiger partial charge in [0.15, 0.2) is 6.61 Å². The zero-order valence-corrected chi connectivity index (χ0v) is 18.6. The summed E-state index contributed by atoms with van der Waals surface area (Å²) in [5, 5.41) is 9.98. The number of pyridine rings is 2. The molecular weight excluding hydrogens is 452 g/mol. The first-order valence-electron chi connectivity index (χ1n) is 10.9. The lowest BCUT2D eigenvalue weighted by atomic mass is 10.0. The van der Waals surface area contributed by atoms with Crippen LogP contribution in [0.3, 0.4) is 0 Å². The fourth-order valence-corrected chi connectivity index (χ4v) is 4.20. The van der Waals surface area contributed by atoms with Crippen LogP contribution in [0.25, 0.3) is 11.0 Å². The van der Waals surface area contributed by atoms with Crippen molar-refractivity contribution < 1.29 is 23.8 Å². The Morgan fingerprint density at radius 3 is 3.00 bits per heavy atom. The first kappa shape index (κ1) is 20.9. The molecule has 0 saturated carbocycles. The van der Waals surface area contributed by atoms with Crippen LogP contribution >= 0.6 is 0 Å². The molecule has 11 nitrogen and oxygen atoms in total. The van der Waals surface area contributed by atoms with E-state index in [1.165, 1.54) is 0 Å². The van der Waals surface area contributed by atoms with Crippen LogP contribution in [0.1, 0.15) is 22.0 Å². The lowest BCUT2D eigenvalue weighted by Gasteiger charge is -2.26. The Hall–Kier alpha value is -4.67. The van der Waals surface area contributed by atoms with Gasteiger partial charge in [0.25, 0.3) is 11.8 Å². The van der Waals surface area contributed by atoms with Gasteiger partial charge in [-0.15, -0.1) is 0 Å². The molecule has 176 valence electrons. The van der Waals surface area contributed by atoms with Crippen LogP contribution in [0.4, 0.5) is 11.4 Å². The number of ether oxygens (including phenoxy) is 3. The molecule has 1 aromatic carbocycles. The molecule has 2 amide bonds. The quantitative estimate of drug-likeness (QED) is 0.464. The van der Waals surface area contributed by atoms with E-state index in [2.05, 4.69) is 25.7 Å². The standard InChI is InChI=1S/C24H20N6O5/c1-33-22-5-3-17-23(29-22)16-7-15(11-34-20(16)9-25-17)30-10-14(8-26-30)27-24(32)13-2-4-19-18(6-13)28-21(31)12-35-19/h2-6,8-10,15H,7,11-12H2,1H3,(H,27,32)(H,28,31). The summed E-state index contributed by atoms with van der Waals surface area (Å²) in [6, 6.07) is 8.43. The van der Waals surface area contributed by atoms with Crippen LogP contribution in [0.15, 0.2) is 48.9 Å². The molecular formula is C24H20N6O5. The molecule has 35 heavy (non-hydrogen) atoms. The van der Waals surface area contributed by atoms with Crippen LogP contribution < -0.4 is 24.8 Å². The number of aromatic nitrogens is 4. The average Bonchev–Trinajstić information content (AvgIpc) is 3.35. The number of carbonyl (C=O) groups is 2. The van der Waals surface area contributed by atoms with E-state index in [4.69, 9.17) is 14.2 Å². The molecule has 2 aliphatic rings. The van der Waals surface area contributed by atoms with E-state index < -0.39 is 0 Å². The Morgan fingerprint density at radius 2 is 2.11 bits per heavy atom. The van der Waals surface area contributed by atoms with Gasteiger partial charge in [-0.2, -0.15) is 5.10 Å². The number of methoxy groups -OCH3 is 1. The molecule has 11 heteroatoms. The van der Waals surface area contributed by atoms with E-state index in [1.807, 2.05) is 6.07 Å². The second-order valence-corrected chi connectivity index (χ2v) is 8.20. The maximum Gasteiger partial charge on any atom is 0.262 e. The van der Waals surface area contributed by atoms with Crippen molar-refractivity contribution >= 4 is 34.2 Å². The minimum absolute atomic E-state index is 0.0387. The van der Waals surface area contributed by atoms with Gasteiger partial charge in [-0.05, 0) is 24.3 Å². The number of fused-ring (bicyclic) bond motifs is 4. The van der Waals surface area contributed by atoms with Gasteiger partial charge in [0.2, 0.25) is 5.88 Å². The second kappa shape index (κ2) is 8.28. The number of nitrogens with zero attached hydrogens (tertiary/aromatic N) is 4. The van der Waals surface area contributed by atoms with Gasteiger partial charge in [0.05, 0.1) is 48.0 Å². The Morgan fingerprint density at radius 1 is 1.20 bits per heavy atom. The molecule has 1 unspecified atom stereocenters. The molecule has 0 saturated heterocycles. The number of amides is 2. The van der Waals surface area contributed by atoms with Gasteiger partial charge >= 0.3 is 0 Å². The summed E-state index contributed by atoms with van der Waals surface area (Å²) in [6.07, 6.45) is 5.69. The summed E-state index contributed by atoms with van der Waals surface area (Å²) in [6.45, 7) is 0.368. The lowest BCUT2D eigenvalue weighted by molar-refractivity contribution is -0.118. The molecule has 2 N–H and O–H groups in total. The van der Waals surface area contributed by atoms with Crippen molar-refractivity contribution in [1.29, 1.82) is 0 Å². The van der Waals surface area contributed by atoms with E-state index in [9.17, 15) is 9.59 Å². The number of rotatable bonds is 4. The van der Waals surface area contributed by atoms with Crippen molar-refractivity contribution in [3.05, 3.63) is 60.0 Å². The van der Waals surface area contributed by atoms with Crippen molar-refractivity contribution in [1.82, 2.24) is 19.7 Å². The number of benzene rings is 1. The maximum absolute atomic E-state index is 12.8. The second-order valence-electron chi connectivity index (χ2n) is 8.20. The van der Waals surface area contributed by atoms with Crippen LogP contribution in [-0.2, 0) is 11.2 Å². The highest BCUT2D eigenvalue weighted by molar-refractivity contribution is 6.06. The van der Waals surface area contributed by atoms with Crippen LogP contribution in [0, 0.1) is 0 Å². The SMILES string of the molecule is COc1ccc2ncc3c(c2n1)CC(n1cc(NC(=O)c2ccc4c(c2)NC(=O)CO4)cn1)CO3. The van der Waals surface area contributed by atoms with Gasteiger partial charge in [-0.3, -0.25) is 19.3 Å². The van der Waals surface area contributed by atoms with Crippen molar-refractivity contribution in [3.63, 3.8) is 0 Å². The summed E-state index contributed by atoms with van der Waals surface area (Å²) < 4.78 is 18.3. The number of anilines is 2. The minimum Gasteiger partial charge on any atom is -0.489 e. The molecule has 0 fully saturated rings. The van der Waals surface area contributed by atoms with Crippen molar-refractivity contribution in [2.75, 3.05) is 31.0 Å². The van der Waals surface area contributed by atoms with Gasteiger partial charge < -0.3 is 24.8 Å². The molecule has 0 aliphatic carbocycles. The van der Waals surface area contributed by atoms with Gasteiger partial charge in [-0.1, -0.05) is 0 Å². The van der Waals surface area contributed by atoms with E-state index in [1.54, 1.807) is 54.6 Å². The molecule has 0 spiro atoms. The summed E-state index contributed by atoms with van der Waals surface area (Å²) in [5.74, 6) is 1.14. The number of carbonyl (C=O) groups excluding carboxylic acids is 2. The third kappa shape index (κ3) is 3.86. The molecule has 6 rings (SSSR count). The molecule has 5 heterocycles. The normalized spacial score (nSPS) is 16.4. The van der Waals surface area contributed by atoms with E-state index in [0.29, 0.717) is 47.3 Å². The van der Waals surface area contributed by atoms with Crippen molar-refractivity contribution in [3.8, 4) is 17.4 Å². The largest absolute Gasteiger partial charge is 0.489 e. The molecule has 2 aliphatic heterocycles. The topological polar surface area (TPSA) is 129 Å². The van der Waals surface area contributed by atoms with E-state index >= 15 is 0 Å². The van der Waals surface area contributed by atoms with Crippen molar-refractivity contribution in [2.24, 2.45) is 0 Å². The van der Waals surface area contributed by atoms with E-state index in [-0.39, 0.29) is 24.5 Å². The molecule has 3 aromatic heterocycles. The summed E-state index contributed by atoms with van der Waals surface area (Å²) in [5.41, 5.74) is 3.82. The van der Waals surface area contributed by atoms with Crippen LogP contribution in [-0.4, -0.2) is 51.9 Å². The van der Waals surface area contributed by atoms with Gasteiger partial charge in [-0.25, -0.2) is 4.98 Å². The molecule has 0 bridgehead atoms. The number of hydrogen-bond acceptors (Lipinski definition) is 8. The maximum atomic E-state index is 12.8. The fraction of sp³-hybridized carbons (Fsp3) is 0.208. The fourth-order valence-electron chi connectivity index (χ4n) is 4.20. The summed E-state index contributed by atoms with van der Waals surface area (Å²) >= 11 is 0. The third-order valence-electron chi connectivity index (χ3n) is 5.94. The number of nitrogens with one attached hydrogen (secondary N) is 2. The average molecular weight is 472 g/mol. The molecule has 4 aromatic rings. The number of hydrogen-bond donors (Lipinski definition) is 2. The highest BCUT2D eigenvalue weighted by Crippen LogP contribution is 2.34. The Labute approximate surface area is 199 Å². The monoisotopic (exact) mass is 472 g/mol. The zero-order valence-electron chi connectivity index (χ0n) is 18.6. The summed E-state index contributed by atoms with van der Waals surface area (Å²) in [7, 11) is 1.57. The highest BCUT2D eigenvalue weighted by atomic mass is 16.5. The molecule has 0 radical (unpaired) electrons. The van der Waals surface area contributed by atoms with Crippen molar-refractivity contribution in [2.45, 2.75) is 12.5 Å². The van der Waals surface area contributed by atoms with Crippen LogP contribution in [0.2, 0.25) is 0 Å². The smallest absolute Gasteiger partial charge is 0.262 e.